The molecule has 0 radical (unpaired) electrons. The summed E-state index contributed by atoms with van der Waals surface area (Å²) >= 11 is 0. The molecule has 0 spiro atoms. The van der Waals surface area contributed by atoms with Crippen molar-refractivity contribution in [3.05, 3.63) is 78.2 Å². The minimum atomic E-state index is -0.908. The Morgan fingerprint density at radius 1 is 1.03 bits per heavy atom. The lowest BCUT2D eigenvalue weighted by Crippen LogP contribution is -2.43. The van der Waals surface area contributed by atoms with Crippen LogP contribution in [-0.4, -0.2) is 45.3 Å². The van der Waals surface area contributed by atoms with Crippen molar-refractivity contribution < 1.29 is 9.90 Å². The molecule has 6 heteroatoms. The monoisotopic (exact) mass is 476 g/mol. The lowest BCUT2D eigenvalue weighted by atomic mass is 9.84. The second-order valence-corrected chi connectivity index (χ2v) is 10.2. The van der Waals surface area contributed by atoms with E-state index in [1.54, 1.807) is 4.90 Å². The minimum absolute atomic E-state index is 0.345. The highest BCUT2D eigenvalue weighted by atomic mass is 16.4. The van der Waals surface area contributed by atoms with Gasteiger partial charge in [-0.3, -0.25) is 4.90 Å². The number of aromatic nitrogens is 2. The lowest BCUT2D eigenvalue weighted by Gasteiger charge is -2.38. The van der Waals surface area contributed by atoms with Crippen molar-refractivity contribution in [3.63, 3.8) is 0 Å². The Kier molecular flexibility index (Phi) is 9.49. The third-order valence-corrected chi connectivity index (χ3v) is 6.15. The van der Waals surface area contributed by atoms with Gasteiger partial charge in [0.15, 0.2) is 0 Å². The second kappa shape index (κ2) is 12.5. The Morgan fingerprint density at radius 2 is 1.66 bits per heavy atom. The number of imidazole rings is 1. The summed E-state index contributed by atoms with van der Waals surface area (Å²) in [4.78, 5) is 19.2. The fourth-order valence-electron chi connectivity index (χ4n) is 4.43. The van der Waals surface area contributed by atoms with Crippen LogP contribution in [0.25, 0.3) is 11.3 Å². The Bertz CT molecular complexity index is 1040. The molecule has 1 aromatic heterocycles. The third-order valence-electron chi connectivity index (χ3n) is 6.15. The van der Waals surface area contributed by atoms with Crippen LogP contribution >= 0.6 is 0 Å². The smallest absolute Gasteiger partial charge is 0.407 e. The predicted molar refractivity (Wildman–Crippen MR) is 143 cm³/mol. The molecule has 0 aliphatic rings. The highest BCUT2D eigenvalue weighted by molar-refractivity contribution is 5.66. The lowest BCUT2D eigenvalue weighted by molar-refractivity contribution is 0.0751. The number of nitrogens with zero attached hydrogens (tertiary/aromatic N) is 3. The first-order valence-electron chi connectivity index (χ1n) is 12.7. The van der Waals surface area contributed by atoms with Gasteiger partial charge in [0.05, 0.1) is 11.7 Å². The van der Waals surface area contributed by atoms with Crippen molar-refractivity contribution in [2.75, 3.05) is 19.6 Å². The zero-order valence-corrected chi connectivity index (χ0v) is 21.6. The molecule has 3 aromatic rings. The van der Waals surface area contributed by atoms with E-state index < -0.39 is 12.1 Å². The minimum Gasteiger partial charge on any atom is -0.465 e. The van der Waals surface area contributed by atoms with Crippen LogP contribution in [0.15, 0.2) is 66.9 Å². The Balaban J connectivity index is 1.97. The van der Waals surface area contributed by atoms with Crippen molar-refractivity contribution in [1.29, 1.82) is 0 Å². The Hall–Kier alpha value is -3.12. The van der Waals surface area contributed by atoms with E-state index in [0.717, 1.165) is 55.0 Å². The van der Waals surface area contributed by atoms with Crippen molar-refractivity contribution in [2.45, 2.75) is 59.5 Å². The summed E-state index contributed by atoms with van der Waals surface area (Å²) < 4.78 is 2.13. The van der Waals surface area contributed by atoms with Crippen LogP contribution in [-0.2, 0) is 6.54 Å². The first-order chi connectivity index (χ1) is 16.8. The van der Waals surface area contributed by atoms with Crippen molar-refractivity contribution in [1.82, 2.24) is 19.8 Å². The van der Waals surface area contributed by atoms with Crippen LogP contribution in [0.3, 0.4) is 0 Å². The second-order valence-electron chi connectivity index (χ2n) is 10.2. The molecule has 0 aliphatic heterocycles. The van der Waals surface area contributed by atoms with Gasteiger partial charge in [-0.1, -0.05) is 94.8 Å². The number of carbonyl (C=O) groups is 1. The highest BCUT2D eigenvalue weighted by Crippen LogP contribution is 2.39. The van der Waals surface area contributed by atoms with Crippen LogP contribution in [0.4, 0.5) is 4.79 Å². The van der Waals surface area contributed by atoms with Gasteiger partial charge in [-0.25, -0.2) is 9.78 Å². The first-order valence-corrected chi connectivity index (χ1v) is 12.7. The van der Waals surface area contributed by atoms with Gasteiger partial charge in [0, 0.05) is 24.8 Å². The van der Waals surface area contributed by atoms with Gasteiger partial charge >= 0.3 is 6.09 Å². The average molecular weight is 477 g/mol. The van der Waals surface area contributed by atoms with Crippen molar-refractivity contribution >= 4 is 6.09 Å². The van der Waals surface area contributed by atoms with Crippen LogP contribution < -0.4 is 5.32 Å². The number of unbranched alkanes of at least 4 members (excludes halogenated alkanes) is 1. The maximum atomic E-state index is 12.5. The number of rotatable bonds is 12. The summed E-state index contributed by atoms with van der Waals surface area (Å²) in [6.07, 6.45) is 4.19. The number of nitrogens with one attached hydrogen (secondary N) is 1. The van der Waals surface area contributed by atoms with E-state index in [0.29, 0.717) is 13.1 Å². The molecule has 6 nitrogen and oxygen atoms in total. The normalized spacial score (nSPS) is 12.5. The largest absolute Gasteiger partial charge is 0.465 e. The number of hydrogen-bond acceptors (Lipinski definition) is 3. The molecule has 0 bridgehead atoms. The van der Waals surface area contributed by atoms with Gasteiger partial charge < -0.3 is 15.0 Å². The zero-order valence-electron chi connectivity index (χ0n) is 21.6. The van der Waals surface area contributed by atoms with Crippen LogP contribution in [0.1, 0.15) is 64.4 Å². The summed E-state index contributed by atoms with van der Waals surface area (Å²) in [6, 6.07) is 19.9. The predicted octanol–water partition coefficient (Wildman–Crippen LogP) is 6.45. The maximum Gasteiger partial charge on any atom is 0.407 e. The van der Waals surface area contributed by atoms with Crippen LogP contribution in [0, 0.1) is 5.41 Å². The molecule has 2 N–H and O–H groups in total. The quantitative estimate of drug-likeness (QED) is 0.295. The van der Waals surface area contributed by atoms with E-state index in [-0.39, 0.29) is 5.41 Å². The molecule has 0 unspecified atom stereocenters. The van der Waals surface area contributed by atoms with Crippen molar-refractivity contribution in [3.8, 4) is 11.3 Å². The molecule has 2 aromatic carbocycles. The van der Waals surface area contributed by atoms with Crippen LogP contribution in [0.2, 0.25) is 0 Å². The van der Waals surface area contributed by atoms with Crippen LogP contribution in [0.5, 0.6) is 0 Å². The highest BCUT2D eigenvalue weighted by Gasteiger charge is 2.38. The summed E-state index contributed by atoms with van der Waals surface area (Å²) in [5.74, 6) is 0.779. The van der Waals surface area contributed by atoms with E-state index in [4.69, 9.17) is 4.98 Å². The molecule has 35 heavy (non-hydrogen) atoms. The third kappa shape index (κ3) is 7.43. The van der Waals surface area contributed by atoms with E-state index in [2.05, 4.69) is 55.9 Å². The van der Waals surface area contributed by atoms with Gasteiger partial charge in [0.2, 0.25) is 0 Å². The average Bonchev–Trinajstić information content (AvgIpc) is 3.23. The standard InChI is InChI=1S/C29H40N4O2/c1-5-6-18-30-19-13-20-33(28(34)35)26(29(2,3)4)27-31-25(24-16-11-8-12-17-24)22-32(27)21-23-14-9-7-10-15-23/h7-12,14-17,22,26,30H,5-6,13,18-21H2,1-4H3,(H,34,35)/t26-/m0/s1. The van der Waals surface area contributed by atoms with Gasteiger partial charge in [-0.05, 0) is 36.9 Å². The zero-order chi connectivity index (χ0) is 25.3. The van der Waals surface area contributed by atoms with Gasteiger partial charge in [0.1, 0.15) is 5.82 Å². The van der Waals surface area contributed by atoms with E-state index in [1.165, 1.54) is 0 Å². The summed E-state index contributed by atoms with van der Waals surface area (Å²) in [6.45, 7) is 11.3. The molecule has 3 rings (SSSR count). The molecule has 1 heterocycles. The fourth-order valence-corrected chi connectivity index (χ4v) is 4.43. The Morgan fingerprint density at radius 3 is 2.26 bits per heavy atom. The topological polar surface area (TPSA) is 70.4 Å². The van der Waals surface area contributed by atoms with Crippen molar-refractivity contribution in [2.24, 2.45) is 5.41 Å². The first kappa shape index (κ1) is 26.5. The summed E-state index contributed by atoms with van der Waals surface area (Å²) in [5.41, 5.74) is 2.69. The number of hydrogen-bond donors (Lipinski definition) is 2. The SMILES string of the molecule is CCCCNCCCN(C(=O)O)[C@@H](c1nc(-c2ccccc2)cn1Cc1ccccc1)C(C)(C)C. The number of carboxylic acid groups (broad SMARTS) is 1. The molecule has 0 aliphatic carbocycles. The molecule has 0 saturated carbocycles. The van der Waals surface area contributed by atoms with E-state index >= 15 is 0 Å². The van der Waals surface area contributed by atoms with E-state index in [9.17, 15) is 9.90 Å². The summed E-state index contributed by atoms with van der Waals surface area (Å²) in [5, 5.41) is 13.7. The number of benzene rings is 2. The molecule has 1 amide bonds. The Labute approximate surface area is 210 Å². The number of amides is 1. The molecule has 0 fully saturated rings. The molecular weight excluding hydrogens is 436 g/mol. The molecular formula is C29H40N4O2. The molecule has 0 saturated heterocycles. The fraction of sp³-hybridized carbons (Fsp3) is 0.448. The van der Waals surface area contributed by atoms with Gasteiger partial charge in [-0.2, -0.15) is 0 Å². The molecule has 188 valence electrons. The van der Waals surface area contributed by atoms with E-state index in [1.807, 2.05) is 48.5 Å². The van der Waals surface area contributed by atoms with Gasteiger partial charge in [-0.15, -0.1) is 0 Å². The summed E-state index contributed by atoms with van der Waals surface area (Å²) in [7, 11) is 0. The maximum absolute atomic E-state index is 12.5. The van der Waals surface area contributed by atoms with Gasteiger partial charge in [0.25, 0.3) is 0 Å². The molecule has 1 atom stereocenters.